The first-order valence-corrected chi connectivity index (χ1v) is 12.2. The summed E-state index contributed by atoms with van der Waals surface area (Å²) < 4.78 is 5.09. The zero-order valence-electron chi connectivity index (χ0n) is 22.0. The molecular weight excluding hydrogens is 492 g/mol. The van der Waals surface area contributed by atoms with Crippen LogP contribution >= 0.6 is 0 Å². The number of nitrogens with two attached hydrogens (primary N) is 1. The highest BCUT2D eigenvalue weighted by Crippen LogP contribution is 2.25. The van der Waals surface area contributed by atoms with E-state index in [0.717, 1.165) is 5.56 Å². The van der Waals surface area contributed by atoms with Gasteiger partial charge in [-0.2, -0.15) is 0 Å². The SMILES string of the molecule is COc1ccc(CN(C(=O)[C@@H](N)C(C)C)[C@@H](C)C(=O)NCC(=O)N[C@@H](Cc2ccccc2)C(=O)O)c(O)c1. The third-order valence-electron chi connectivity index (χ3n) is 6.11. The van der Waals surface area contributed by atoms with E-state index in [1.54, 1.807) is 56.3 Å². The van der Waals surface area contributed by atoms with Gasteiger partial charge in [0.05, 0.1) is 26.2 Å². The van der Waals surface area contributed by atoms with Gasteiger partial charge in [-0.15, -0.1) is 0 Å². The number of carbonyl (C=O) groups is 4. The molecule has 0 aromatic heterocycles. The summed E-state index contributed by atoms with van der Waals surface area (Å²) >= 11 is 0. The predicted octanol–water partition coefficient (Wildman–Crippen LogP) is 1.03. The molecule has 0 fully saturated rings. The fraction of sp³-hybridized carbons (Fsp3) is 0.407. The summed E-state index contributed by atoms with van der Waals surface area (Å²) in [6.07, 6.45) is 0.0764. The first-order valence-electron chi connectivity index (χ1n) is 12.2. The van der Waals surface area contributed by atoms with Gasteiger partial charge in [0.1, 0.15) is 23.6 Å². The Balaban J connectivity index is 2.10. The van der Waals surface area contributed by atoms with Crippen molar-refractivity contribution in [3.05, 3.63) is 59.7 Å². The van der Waals surface area contributed by atoms with Gasteiger partial charge < -0.3 is 36.2 Å². The van der Waals surface area contributed by atoms with E-state index in [1.807, 2.05) is 0 Å². The van der Waals surface area contributed by atoms with Gasteiger partial charge in [-0.3, -0.25) is 14.4 Å². The van der Waals surface area contributed by atoms with Crippen molar-refractivity contribution in [2.45, 2.75) is 51.9 Å². The molecule has 2 rings (SSSR count). The molecule has 0 aliphatic rings. The fourth-order valence-corrected chi connectivity index (χ4v) is 3.62. The van der Waals surface area contributed by atoms with E-state index < -0.39 is 48.4 Å². The second-order valence-corrected chi connectivity index (χ2v) is 9.27. The summed E-state index contributed by atoms with van der Waals surface area (Å²) in [5.41, 5.74) is 7.18. The van der Waals surface area contributed by atoms with Crippen LogP contribution in [0.3, 0.4) is 0 Å². The van der Waals surface area contributed by atoms with Crippen LogP contribution in [0.4, 0.5) is 0 Å². The maximum absolute atomic E-state index is 13.2. The largest absolute Gasteiger partial charge is 0.507 e. The molecule has 0 heterocycles. The highest BCUT2D eigenvalue weighted by Gasteiger charge is 2.32. The molecule has 11 nitrogen and oxygen atoms in total. The van der Waals surface area contributed by atoms with Gasteiger partial charge in [0.15, 0.2) is 0 Å². The van der Waals surface area contributed by atoms with E-state index in [4.69, 9.17) is 10.5 Å². The molecule has 0 aliphatic carbocycles. The zero-order chi connectivity index (χ0) is 28.4. The van der Waals surface area contributed by atoms with Crippen molar-refractivity contribution in [2.24, 2.45) is 11.7 Å². The minimum Gasteiger partial charge on any atom is -0.507 e. The van der Waals surface area contributed by atoms with E-state index in [2.05, 4.69) is 10.6 Å². The highest BCUT2D eigenvalue weighted by molar-refractivity contribution is 5.92. The van der Waals surface area contributed by atoms with Gasteiger partial charge in [-0.25, -0.2) is 4.79 Å². The summed E-state index contributed by atoms with van der Waals surface area (Å²) in [4.78, 5) is 51.4. The number of carboxylic acids is 1. The Morgan fingerprint density at radius 3 is 2.26 bits per heavy atom. The lowest BCUT2D eigenvalue weighted by Gasteiger charge is -2.32. The number of rotatable bonds is 13. The van der Waals surface area contributed by atoms with Crippen LogP contribution in [-0.2, 0) is 32.1 Å². The molecule has 38 heavy (non-hydrogen) atoms. The number of ether oxygens (including phenoxy) is 1. The number of methoxy groups -OCH3 is 1. The standard InChI is InChI=1S/C27H36N4O7/c1-16(2)24(28)26(35)31(15-19-10-11-20(38-4)13-22(19)32)17(3)25(34)29-14-23(33)30-21(27(36)37)12-18-8-6-5-7-9-18/h5-11,13,16-17,21,24,32H,12,14-15,28H2,1-4H3,(H,29,34)(H,30,33)(H,36,37)/t17-,21-,24-/m0/s1. The summed E-state index contributed by atoms with van der Waals surface area (Å²) in [6, 6.07) is 10.3. The van der Waals surface area contributed by atoms with E-state index in [1.165, 1.54) is 25.0 Å². The second kappa shape index (κ2) is 14.0. The molecule has 2 aromatic carbocycles. The summed E-state index contributed by atoms with van der Waals surface area (Å²) in [6.45, 7) is 4.42. The van der Waals surface area contributed by atoms with Crippen molar-refractivity contribution in [2.75, 3.05) is 13.7 Å². The predicted molar refractivity (Wildman–Crippen MR) is 140 cm³/mol. The number of nitrogens with one attached hydrogen (secondary N) is 2. The van der Waals surface area contributed by atoms with E-state index in [0.29, 0.717) is 11.3 Å². The molecule has 206 valence electrons. The highest BCUT2D eigenvalue weighted by atomic mass is 16.5. The molecule has 0 unspecified atom stereocenters. The quantitative estimate of drug-likeness (QED) is 0.256. The van der Waals surface area contributed by atoms with Crippen LogP contribution in [-0.4, -0.2) is 70.6 Å². The maximum Gasteiger partial charge on any atom is 0.326 e. The number of carboxylic acid groups (broad SMARTS) is 1. The van der Waals surface area contributed by atoms with E-state index >= 15 is 0 Å². The van der Waals surface area contributed by atoms with Crippen LogP contribution in [0.5, 0.6) is 11.5 Å². The van der Waals surface area contributed by atoms with E-state index in [-0.39, 0.29) is 24.6 Å². The maximum atomic E-state index is 13.2. The van der Waals surface area contributed by atoms with Crippen LogP contribution in [0.2, 0.25) is 0 Å². The number of carbonyl (C=O) groups excluding carboxylic acids is 3. The number of nitrogens with zero attached hydrogens (tertiary/aromatic N) is 1. The summed E-state index contributed by atoms with van der Waals surface area (Å²) in [5.74, 6) is -2.97. The molecular formula is C27H36N4O7. The number of phenols is 1. The third-order valence-corrected chi connectivity index (χ3v) is 6.11. The summed E-state index contributed by atoms with van der Waals surface area (Å²) in [5, 5.41) is 24.7. The number of aromatic hydroxyl groups is 1. The molecule has 0 radical (unpaired) electrons. The number of hydrogen-bond acceptors (Lipinski definition) is 7. The number of phenolic OH excluding ortho intramolecular Hbond substituents is 1. The molecule has 0 saturated heterocycles. The van der Waals surface area contributed by atoms with Crippen molar-refractivity contribution >= 4 is 23.7 Å². The van der Waals surface area contributed by atoms with Gasteiger partial charge in [0.25, 0.3) is 0 Å². The molecule has 0 saturated carbocycles. The molecule has 0 spiro atoms. The van der Waals surface area contributed by atoms with Gasteiger partial charge in [-0.05, 0) is 30.5 Å². The molecule has 3 amide bonds. The molecule has 2 aromatic rings. The second-order valence-electron chi connectivity index (χ2n) is 9.27. The smallest absolute Gasteiger partial charge is 0.326 e. The van der Waals surface area contributed by atoms with E-state index in [9.17, 15) is 29.4 Å². The Morgan fingerprint density at radius 1 is 1.05 bits per heavy atom. The van der Waals surface area contributed by atoms with Crippen molar-refractivity contribution in [3.8, 4) is 11.5 Å². The Kier molecular flexibility index (Phi) is 11.1. The topological polar surface area (TPSA) is 171 Å². The van der Waals surface area contributed by atoms with Crippen LogP contribution in [0.25, 0.3) is 0 Å². The normalized spacial score (nSPS) is 13.2. The van der Waals surface area contributed by atoms with Crippen LogP contribution in [0, 0.1) is 5.92 Å². The Bertz CT molecular complexity index is 1120. The van der Waals surface area contributed by atoms with Crippen LogP contribution in [0.1, 0.15) is 31.9 Å². The van der Waals surface area contributed by atoms with Gasteiger partial charge in [0.2, 0.25) is 17.7 Å². The fourth-order valence-electron chi connectivity index (χ4n) is 3.62. The van der Waals surface area contributed by atoms with Crippen molar-refractivity contribution < 1.29 is 34.1 Å². The van der Waals surface area contributed by atoms with Crippen molar-refractivity contribution in [3.63, 3.8) is 0 Å². The molecule has 0 aliphatic heterocycles. The first-order chi connectivity index (χ1) is 17.9. The minimum atomic E-state index is -1.21. The molecule has 11 heteroatoms. The van der Waals surface area contributed by atoms with Gasteiger partial charge >= 0.3 is 5.97 Å². The average molecular weight is 529 g/mol. The lowest BCUT2D eigenvalue weighted by Crippen LogP contribution is -2.55. The average Bonchev–Trinajstić information content (AvgIpc) is 2.89. The first kappa shape index (κ1) is 30.1. The Labute approximate surface area is 222 Å². The molecule has 3 atom stereocenters. The third kappa shape index (κ3) is 8.48. The lowest BCUT2D eigenvalue weighted by molar-refractivity contribution is -0.143. The molecule has 0 bridgehead atoms. The Hall–Kier alpha value is -4.12. The van der Waals surface area contributed by atoms with Crippen molar-refractivity contribution in [1.82, 2.24) is 15.5 Å². The zero-order valence-corrected chi connectivity index (χ0v) is 22.0. The summed E-state index contributed by atoms with van der Waals surface area (Å²) in [7, 11) is 1.45. The van der Waals surface area contributed by atoms with Gasteiger partial charge in [-0.1, -0.05) is 44.2 Å². The number of aliphatic carboxylic acids is 1. The van der Waals surface area contributed by atoms with Crippen molar-refractivity contribution in [1.29, 1.82) is 0 Å². The van der Waals surface area contributed by atoms with Crippen LogP contribution < -0.4 is 21.1 Å². The van der Waals surface area contributed by atoms with Crippen LogP contribution in [0.15, 0.2) is 48.5 Å². The molecule has 6 N–H and O–H groups in total. The monoisotopic (exact) mass is 528 g/mol. The Morgan fingerprint density at radius 2 is 1.71 bits per heavy atom. The number of amides is 3. The minimum absolute atomic E-state index is 0.0764. The van der Waals surface area contributed by atoms with Gasteiger partial charge in [0, 0.05) is 18.1 Å². The lowest BCUT2D eigenvalue weighted by atomic mass is 10.0. The number of hydrogen-bond donors (Lipinski definition) is 5. The number of benzene rings is 2.